The Hall–Kier alpha value is -1.14. The third-order valence-corrected chi connectivity index (χ3v) is 2.47. The lowest BCUT2D eigenvalue weighted by Crippen LogP contribution is -2.34. The number of rotatable bonds is 6. The van der Waals surface area contributed by atoms with Crippen molar-refractivity contribution >= 4 is 23.5 Å². The summed E-state index contributed by atoms with van der Waals surface area (Å²) in [5, 5.41) is 3.36. The van der Waals surface area contributed by atoms with E-state index < -0.39 is 0 Å². The van der Waals surface area contributed by atoms with E-state index in [1.165, 1.54) is 0 Å². The van der Waals surface area contributed by atoms with Crippen LogP contribution in [0.3, 0.4) is 0 Å². The van der Waals surface area contributed by atoms with Crippen LogP contribution in [0.1, 0.15) is 20.3 Å². The van der Waals surface area contributed by atoms with Crippen molar-refractivity contribution in [3.63, 3.8) is 0 Å². The number of nitrogens with one attached hydrogen (secondary N) is 1. The molecule has 0 aliphatic rings. The molecular weight excluding hydrogens is 252 g/mol. The molecule has 1 heterocycles. The summed E-state index contributed by atoms with van der Waals surface area (Å²) in [7, 11) is 4.06. The maximum atomic E-state index is 5.75. The van der Waals surface area contributed by atoms with E-state index in [1.807, 2.05) is 14.1 Å². The Labute approximate surface area is 113 Å². The highest BCUT2D eigenvalue weighted by Gasteiger charge is 2.14. The fourth-order valence-electron chi connectivity index (χ4n) is 1.80. The summed E-state index contributed by atoms with van der Waals surface area (Å²) in [6, 6.07) is 0.248. The highest BCUT2D eigenvalue weighted by Crippen LogP contribution is 2.12. The van der Waals surface area contributed by atoms with Crippen molar-refractivity contribution < 1.29 is 0 Å². The lowest BCUT2D eigenvalue weighted by molar-refractivity contribution is 0.355. The van der Waals surface area contributed by atoms with Crippen LogP contribution in [0.25, 0.3) is 0 Å². The van der Waals surface area contributed by atoms with Gasteiger partial charge in [-0.05, 0) is 38.0 Å². The van der Waals surface area contributed by atoms with Crippen molar-refractivity contribution in [2.45, 2.75) is 26.3 Å². The van der Waals surface area contributed by atoms with Crippen molar-refractivity contribution in [3.8, 4) is 0 Å². The molecular formula is C11H21ClN6. The molecule has 0 saturated carbocycles. The smallest absolute Gasteiger partial charge is 0.229 e. The first-order chi connectivity index (χ1) is 8.36. The average Bonchev–Trinajstić information content (AvgIpc) is 2.12. The van der Waals surface area contributed by atoms with Crippen LogP contribution < -0.4 is 11.1 Å². The summed E-state index contributed by atoms with van der Waals surface area (Å²) >= 11 is 5.75. The maximum absolute atomic E-state index is 5.75. The van der Waals surface area contributed by atoms with Gasteiger partial charge < -0.3 is 16.0 Å². The van der Waals surface area contributed by atoms with Gasteiger partial charge in [0.05, 0.1) is 0 Å². The second-order valence-electron chi connectivity index (χ2n) is 5.02. The fourth-order valence-corrected chi connectivity index (χ4v) is 1.97. The molecule has 1 aromatic rings. The monoisotopic (exact) mass is 272 g/mol. The summed E-state index contributed by atoms with van der Waals surface area (Å²) in [6.45, 7) is 5.25. The van der Waals surface area contributed by atoms with Gasteiger partial charge >= 0.3 is 0 Å². The van der Waals surface area contributed by atoms with E-state index in [9.17, 15) is 0 Å². The number of halogens is 1. The lowest BCUT2D eigenvalue weighted by atomic mass is 10.0. The van der Waals surface area contributed by atoms with Gasteiger partial charge in [0.1, 0.15) is 0 Å². The van der Waals surface area contributed by atoms with Gasteiger partial charge in [0, 0.05) is 12.6 Å². The van der Waals surface area contributed by atoms with Crippen LogP contribution in [-0.4, -0.2) is 46.5 Å². The molecule has 0 aliphatic heterocycles. The van der Waals surface area contributed by atoms with Crippen LogP contribution in [0, 0.1) is 5.92 Å². The zero-order chi connectivity index (χ0) is 13.7. The van der Waals surface area contributed by atoms with Crippen LogP contribution in [-0.2, 0) is 0 Å². The number of nitrogen functional groups attached to an aromatic ring is 1. The highest BCUT2D eigenvalue weighted by molar-refractivity contribution is 6.28. The molecule has 1 unspecified atom stereocenters. The van der Waals surface area contributed by atoms with E-state index >= 15 is 0 Å². The molecule has 1 aromatic heterocycles. The third kappa shape index (κ3) is 5.46. The zero-order valence-electron chi connectivity index (χ0n) is 11.3. The summed E-state index contributed by atoms with van der Waals surface area (Å²) in [5.74, 6) is 1.14. The Morgan fingerprint density at radius 1 is 1.28 bits per heavy atom. The first-order valence-corrected chi connectivity index (χ1v) is 6.33. The number of nitrogens with zero attached hydrogens (tertiary/aromatic N) is 4. The number of hydrogen-bond acceptors (Lipinski definition) is 6. The molecule has 1 rings (SSSR count). The number of aromatic nitrogens is 3. The Morgan fingerprint density at radius 2 is 1.94 bits per heavy atom. The van der Waals surface area contributed by atoms with Crippen molar-refractivity contribution in [1.29, 1.82) is 0 Å². The van der Waals surface area contributed by atoms with Crippen LogP contribution >= 0.6 is 11.6 Å². The second kappa shape index (κ2) is 6.70. The largest absolute Gasteiger partial charge is 0.368 e. The summed E-state index contributed by atoms with van der Waals surface area (Å²) < 4.78 is 0. The normalized spacial score (nSPS) is 13.1. The van der Waals surface area contributed by atoms with Gasteiger partial charge in [0.25, 0.3) is 0 Å². The van der Waals surface area contributed by atoms with Crippen LogP contribution in [0.4, 0.5) is 11.9 Å². The molecule has 3 N–H and O–H groups in total. The first kappa shape index (κ1) is 14.9. The molecule has 1 atom stereocenters. The Balaban J connectivity index is 2.74. The number of likely N-dealkylation sites (N-methyl/N-ethyl adjacent to an activating group) is 1. The van der Waals surface area contributed by atoms with Crippen molar-refractivity contribution in [2.75, 3.05) is 31.7 Å². The maximum Gasteiger partial charge on any atom is 0.229 e. The molecule has 0 aromatic carbocycles. The minimum absolute atomic E-state index is 0.109. The standard InChI is InChI=1S/C11H21ClN6/c1-7(2)5-8(6-18(3)4)14-11-16-9(12)15-10(13)17-11/h7-8H,5-6H2,1-4H3,(H3,13,14,15,16,17). The van der Waals surface area contributed by atoms with Gasteiger partial charge in [-0.25, -0.2) is 0 Å². The summed E-state index contributed by atoms with van der Waals surface area (Å²) in [5.41, 5.74) is 5.54. The molecule has 18 heavy (non-hydrogen) atoms. The molecule has 0 spiro atoms. The minimum atomic E-state index is 0.109. The molecule has 0 radical (unpaired) electrons. The average molecular weight is 273 g/mol. The number of hydrogen-bond donors (Lipinski definition) is 2. The minimum Gasteiger partial charge on any atom is -0.368 e. The number of nitrogens with two attached hydrogens (primary N) is 1. The van der Waals surface area contributed by atoms with Gasteiger partial charge in [-0.15, -0.1) is 0 Å². The van der Waals surface area contributed by atoms with E-state index in [2.05, 4.69) is 39.0 Å². The summed E-state index contributed by atoms with van der Waals surface area (Å²) in [4.78, 5) is 13.9. The van der Waals surface area contributed by atoms with Crippen LogP contribution in [0.2, 0.25) is 5.28 Å². The molecule has 0 amide bonds. The molecule has 0 aliphatic carbocycles. The SMILES string of the molecule is CC(C)CC(CN(C)C)Nc1nc(N)nc(Cl)n1. The lowest BCUT2D eigenvalue weighted by Gasteiger charge is -2.23. The fraction of sp³-hybridized carbons (Fsp3) is 0.727. The predicted octanol–water partition coefficient (Wildman–Crippen LogP) is 1.50. The molecule has 0 fully saturated rings. The number of anilines is 2. The first-order valence-electron chi connectivity index (χ1n) is 5.95. The molecule has 0 saturated heterocycles. The van der Waals surface area contributed by atoms with Crippen LogP contribution in [0.5, 0.6) is 0 Å². The molecule has 6 nitrogen and oxygen atoms in total. The Morgan fingerprint density at radius 3 is 2.44 bits per heavy atom. The van der Waals surface area contributed by atoms with Crippen molar-refractivity contribution in [1.82, 2.24) is 19.9 Å². The molecule has 102 valence electrons. The Kier molecular flexibility index (Phi) is 5.55. The van der Waals surface area contributed by atoms with Crippen LogP contribution in [0.15, 0.2) is 0 Å². The van der Waals surface area contributed by atoms with Crippen molar-refractivity contribution in [3.05, 3.63) is 5.28 Å². The summed E-state index contributed by atoms with van der Waals surface area (Å²) in [6.07, 6.45) is 1.02. The third-order valence-electron chi connectivity index (χ3n) is 2.30. The topological polar surface area (TPSA) is 80.0 Å². The molecule has 0 bridgehead atoms. The van der Waals surface area contributed by atoms with E-state index in [0.717, 1.165) is 13.0 Å². The zero-order valence-corrected chi connectivity index (χ0v) is 12.1. The van der Waals surface area contributed by atoms with E-state index in [4.69, 9.17) is 17.3 Å². The second-order valence-corrected chi connectivity index (χ2v) is 5.36. The van der Waals surface area contributed by atoms with Gasteiger partial charge in [-0.3, -0.25) is 0 Å². The van der Waals surface area contributed by atoms with Gasteiger partial charge in [0.15, 0.2) is 0 Å². The predicted molar refractivity (Wildman–Crippen MR) is 74.7 cm³/mol. The quantitative estimate of drug-likeness (QED) is 0.817. The highest BCUT2D eigenvalue weighted by atomic mass is 35.5. The van der Waals surface area contributed by atoms with E-state index in [-0.39, 0.29) is 17.3 Å². The van der Waals surface area contributed by atoms with Gasteiger partial charge in [-0.1, -0.05) is 13.8 Å². The van der Waals surface area contributed by atoms with E-state index in [1.54, 1.807) is 0 Å². The Bertz CT molecular complexity index is 352. The van der Waals surface area contributed by atoms with Gasteiger partial charge in [-0.2, -0.15) is 15.0 Å². The van der Waals surface area contributed by atoms with Gasteiger partial charge in [0.2, 0.25) is 17.2 Å². The van der Waals surface area contributed by atoms with E-state index in [0.29, 0.717) is 11.9 Å². The van der Waals surface area contributed by atoms with Crippen molar-refractivity contribution in [2.24, 2.45) is 5.92 Å². The molecule has 7 heteroatoms.